The van der Waals surface area contributed by atoms with Gasteiger partial charge in [0.2, 0.25) is 5.91 Å². The monoisotopic (exact) mass is 471 g/mol. The highest BCUT2D eigenvalue weighted by atomic mass is 32.2. The number of esters is 1. The molecule has 1 heterocycles. The van der Waals surface area contributed by atoms with Crippen molar-refractivity contribution in [3.05, 3.63) is 108 Å². The zero-order valence-corrected chi connectivity index (χ0v) is 19.5. The molecule has 0 aliphatic carbocycles. The average Bonchev–Trinajstić information content (AvgIpc) is 2.88. The predicted octanol–water partition coefficient (Wildman–Crippen LogP) is 5.03. The van der Waals surface area contributed by atoms with Crippen LogP contribution in [-0.4, -0.2) is 29.4 Å². The second kappa shape index (κ2) is 11.3. The first-order valence-electron chi connectivity index (χ1n) is 11.0. The summed E-state index contributed by atoms with van der Waals surface area (Å²) in [6.07, 6.45) is 0. The van der Waals surface area contributed by atoms with Crippen LogP contribution in [0.25, 0.3) is 5.70 Å². The standard InChI is InChI=1S/C27H25N3O3S/c1-2-33-26(32)23-24(19-12-6-3-7-13-19)29-27(30-25(23)20-14-8-4-9-15-20)34-18-22(31)28-21-16-10-5-11-17-21/h3-17,24H,2,18H2,1H3,(H,28,31)(H,29,30)/t24-/m1/s1. The van der Waals surface area contributed by atoms with E-state index in [1.807, 2.05) is 91.0 Å². The van der Waals surface area contributed by atoms with Crippen LogP contribution in [0.15, 0.2) is 102 Å². The number of amidine groups is 1. The fourth-order valence-corrected chi connectivity index (χ4v) is 4.28. The van der Waals surface area contributed by atoms with Gasteiger partial charge >= 0.3 is 5.97 Å². The highest BCUT2D eigenvalue weighted by Gasteiger charge is 2.32. The molecular formula is C27H25N3O3S. The minimum Gasteiger partial charge on any atom is -0.463 e. The van der Waals surface area contributed by atoms with E-state index in [0.717, 1.165) is 16.8 Å². The van der Waals surface area contributed by atoms with Crippen molar-refractivity contribution >= 4 is 40.2 Å². The normalized spacial score (nSPS) is 15.2. The number of benzene rings is 3. The number of hydrogen-bond acceptors (Lipinski definition) is 6. The zero-order valence-electron chi connectivity index (χ0n) is 18.7. The van der Waals surface area contributed by atoms with Crippen LogP contribution in [0.1, 0.15) is 24.1 Å². The summed E-state index contributed by atoms with van der Waals surface area (Å²) >= 11 is 1.29. The minimum absolute atomic E-state index is 0.140. The summed E-state index contributed by atoms with van der Waals surface area (Å²) in [5, 5.41) is 6.73. The lowest BCUT2D eigenvalue weighted by molar-refractivity contribution is -0.138. The number of thioether (sulfide) groups is 1. The molecule has 0 saturated carbocycles. The third kappa shape index (κ3) is 5.74. The second-order valence-electron chi connectivity index (χ2n) is 7.45. The molecule has 0 saturated heterocycles. The van der Waals surface area contributed by atoms with Gasteiger partial charge in [0.15, 0.2) is 5.17 Å². The van der Waals surface area contributed by atoms with Crippen molar-refractivity contribution in [2.45, 2.75) is 13.0 Å². The van der Waals surface area contributed by atoms with E-state index in [0.29, 0.717) is 16.4 Å². The molecule has 6 nitrogen and oxygen atoms in total. The molecule has 1 aliphatic rings. The van der Waals surface area contributed by atoms with Crippen LogP contribution in [0, 0.1) is 0 Å². The lowest BCUT2D eigenvalue weighted by Gasteiger charge is -2.27. The first-order valence-corrected chi connectivity index (χ1v) is 12.0. The molecule has 0 unspecified atom stereocenters. The molecule has 7 heteroatoms. The number of nitrogens with one attached hydrogen (secondary N) is 2. The summed E-state index contributed by atoms with van der Waals surface area (Å²) in [4.78, 5) is 30.4. The minimum atomic E-state index is -0.559. The summed E-state index contributed by atoms with van der Waals surface area (Å²) in [6, 6.07) is 28.0. The van der Waals surface area contributed by atoms with E-state index in [2.05, 4.69) is 10.6 Å². The van der Waals surface area contributed by atoms with E-state index < -0.39 is 12.0 Å². The lowest BCUT2D eigenvalue weighted by atomic mass is 9.94. The smallest absolute Gasteiger partial charge is 0.338 e. The Bertz CT molecular complexity index is 1200. The number of carbonyl (C=O) groups excluding carboxylic acids is 2. The number of aliphatic imine (C=N–C) groups is 1. The Labute approximate surface area is 203 Å². The first-order chi connectivity index (χ1) is 16.7. The fourth-order valence-electron chi connectivity index (χ4n) is 3.58. The van der Waals surface area contributed by atoms with Crippen LogP contribution in [0.4, 0.5) is 5.69 Å². The van der Waals surface area contributed by atoms with E-state index >= 15 is 0 Å². The van der Waals surface area contributed by atoms with E-state index in [9.17, 15) is 9.59 Å². The van der Waals surface area contributed by atoms with Gasteiger partial charge in [-0.05, 0) is 30.2 Å². The molecule has 34 heavy (non-hydrogen) atoms. The maximum atomic E-state index is 13.1. The SMILES string of the molecule is CCOC(=O)C1=C(c2ccccc2)NC(SCC(=O)Nc2ccccc2)=N[C@@H]1c1ccccc1. The van der Waals surface area contributed by atoms with Crippen molar-refractivity contribution in [2.75, 3.05) is 17.7 Å². The van der Waals surface area contributed by atoms with Crippen LogP contribution in [0.2, 0.25) is 0 Å². The molecular weight excluding hydrogens is 446 g/mol. The Morgan fingerprint density at radius 1 is 0.941 bits per heavy atom. The number of ether oxygens (including phenoxy) is 1. The molecule has 3 aromatic rings. The Morgan fingerprint density at radius 3 is 2.21 bits per heavy atom. The topological polar surface area (TPSA) is 79.8 Å². The zero-order chi connectivity index (χ0) is 23.8. The molecule has 0 aromatic heterocycles. The van der Waals surface area contributed by atoms with Crippen LogP contribution < -0.4 is 10.6 Å². The van der Waals surface area contributed by atoms with Gasteiger partial charge in [0.1, 0.15) is 6.04 Å². The van der Waals surface area contributed by atoms with Crippen molar-refractivity contribution in [2.24, 2.45) is 4.99 Å². The van der Waals surface area contributed by atoms with Crippen LogP contribution in [0.3, 0.4) is 0 Å². The Hall–Kier alpha value is -3.84. The summed E-state index contributed by atoms with van der Waals surface area (Å²) in [5.74, 6) is -0.394. The number of para-hydroxylation sites is 1. The highest BCUT2D eigenvalue weighted by Crippen LogP contribution is 2.36. The van der Waals surface area contributed by atoms with Gasteiger partial charge in [-0.15, -0.1) is 0 Å². The van der Waals surface area contributed by atoms with Crippen molar-refractivity contribution in [1.29, 1.82) is 0 Å². The maximum Gasteiger partial charge on any atom is 0.338 e. The van der Waals surface area contributed by atoms with E-state index in [1.54, 1.807) is 6.92 Å². The molecule has 0 spiro atoms. The summed E-state index contributed by atoms with van der Waals surface area (Å²) < 4.78 is 5.41. The number of carbonyl (C=O) groups is 2. The van der Waals surface area contributed by atoms with Gasteiger partial charge in [-0.2, -0.15) is 0 Å². The molecule has 2 N–H and O–H groups in total. The second-order valence-corrected chi connectivity index (χ2v) is 8.41. The van der Waals surface area contributed by atoms with Crippen molar-refractivity contribution in [3.63, 3.8) is 0 Å². The number of amides is 1. The fraction of sp³-hybridized carbons (Fsp3) is 0.148. The molecule has 3 aromatic carbocycles. The lowest BCUT2D eigenvalue weighted by Crippen LogP contribution is -2.31. The van der Waals surface area contributed by atoms with Gasteiger partial charge in [-0.1, -0.05) is 90.6 Å². The number of hydrogen-bond donors (Lipinski definition) is 2. The van der Waals surface area contributed by atoms with Crippen LogP contribution >= 0.6 is 11.8 Å². The molecule has 0 fully saturated rings. The Kier molecular flexibility index (Phi) is 7.78. The highest BCUT2D eigenvalue weighted by molar-refractivity contribution is 8.14. The van der Waals surface area contributed by atoms with Gasteiger partial charge in [0, 0.05) is 5.69 Å². The third-order valence-corrected chi connectivity index (χ3v) is 5.98. The maximum absolute atomic E-state index is 13.1. The largest absolute Gasteiger partial charge is 0.463 e. The van der Waals surface area contributed by atoms with Gasteiger partial charge in [-0.25, -0.2) is 9.79 Å². The molecule has 4 rings (SSSR count). The number of rotatable bonds is 7. The van der Waals surface area contributed by atoms with Gasteiger partial charge < -0.3 is 15.4 Å². The number of anilines is 1. The first kappa shape index (κ1) is 23.3. The van der Waals surface area contributed by atoms with Crippen LogP contribution in [-0.2, 0) is 14.3 Å². The molecule has 172 valence electrons. The molecule has 0 radical (unpaired) electrons. The Morgan fingerprint density at radius 2 is 1.56 bits per heavy atom. The van der Waals surface area contributed by atoms with Crippen LogP contribution in [0.5, 0.6) is 0 Å². The molecule has 0 bridgehead atoms. The molecule has 1 aliphatic heterocycles. The van der Waals surface area contributed by atoms with Gasteiger partial charge in [-0.3, -0.25) is 4.79 Å². The van der Waals surface area contributed by atoms with E-state index in [-0.39, 0.29) is 18.3 Å². The van der Waals surface area contributed by atoms with E-state index in [1.165, 1.54) is 11.8 Å². The van der Waals surface area contributed by atoms with Gasteiger partial charge in [0.25, 0.3) is 0 Å². The van der Waals surface area contributed by atoms with Gasteiger partial charge in [0.05, 0.1) is 23.6 Å². The van der Waals surface area contributed by atoms with Crippen molar-refractivity contribution < 1.29 is 14.3 Å². The third-order valence-electron chi connectivity index (χ3n) is 5.09. The average molecular weight is 472 g/mol. The Balaban J connectivity index is 1.65. The predicted molar refractivity (Wildman–Crippen MR) is 137 cm³/mol. The van der Waals surface area contributed by atoms with E-state index in [4.69, 9.17) is 9.73 Å². The summed E-state index contributed by atoms with van der Waals surface area (Å²) in [5.41, 5.74) is 3.52. The van der Waals surface area contributed by atoms with Crippen molar-refractivity contribution in [3.8, 4) is 0 Å². The quantitative estimate of drug-likeness (QED) is 0.472. The van der Waals surface area contributed by atoms with Crippen molar-refractivity contribution in [1.82, 2.24) is 5.32 Å². The molecule has 1 atom stereocenters. The summed E-state index contributed by atoms with van der Waals surface area (Å²) in [7, 11) is 0. The molecule has 1 amide bonds. The number of nitrogens with zero attached hydrogens (tertiary/aromatic N) is 1. The summed E-state index contributed by atoms with van der Waals surface area (Å²) in [6.45, 7) is 2.04.